The molecule has 0 unspecified atom stereocenters. The Hall–Kier alpha value is -0.735. The summed E-state index contributed by atoms with van der Waals surface area (Å²) < 4.78 is 11.2. The van der Waals surface area contributed by atoms with Crippen molar-refractivity contribution in [2.45, 2.75) is 27.7 Å². The maximum Gasteiger partial charge on any atom is 0.490 e. The Bertz CT molecular complexity index is 352. The lowest BCUT2D eigenvalue weighted by molar-refractivity contribution is 0.208. The molecule has 2 aliphatic rings. The number of rotatable bonds is 1. The maximum absolute atomic E-state index is 5.96. The van der Waals surface area contributed by atoms with Gasteiger partial charge in [0.2, 0.25) is 0 Å². The van der Waals surface area contributed by atoms with Crippen molar-refractivity contribution < 1.29 is 9.31 Å². The molecule has 3 nitrogen and oxygen atoms in total. The van der Waals surface area contributed by atoms with E-state index in [0.29, 0.717) is 13.2 Å². The molecule has 0 spiro atoms. The second-order valence-corrected chi connectivity index (χ2v) is 5.66. The molecule has 0 radical (unpaired) electrons. The van der Waals surface area contributed by atoms with Crippen molar-refractivity contribution >= 4 is 7.12 Å². The largest absolute Gasteiger partial charge is 0.490 e. The van der Waals surface area contributed by atoms with Crippen LogP contribution in [0, 0.1) is 10.8 Å². The first-order chi connectivity index (χ1) is 7.34. The Morgan fingerprint density at radius 2 is 1.75 bits per heavy atom. The lowest BCUT2D eigenvalue weighted by atomic mass is 9.52. The predicted molar refractivity (Wildman–Crippen MR) is 65.6 cm³/mol. The molecule has 1 saturated heterocycles. The van der Waals surface area contributed by atoms with Crippen LogP contribution in [-0.4, -0.2) is 20.3 Å². The molecule has 1 heterocycles. The summed E-state index contributed by atoms with van der Waals surface area (Å²) in [5.74, 6) is 0. The highest BCUT2D eigenvalue weighted by atomic mass is 16.6. The van der Waals surface area contributed by atoms with Crippen LogP contribution in [0.3, 0.4) is 0 Å². The van der Waals surface area contributed by atoms with Gasteiger partial charge in [-0.2, -0.15) is 0 Å². The highest BCUT2D eigenvalue weighted by molar-refractivity contribution is 6.54. The number of hydrogen-bond donors (Lipinski definition) is 1. The van der Waals surface area contributed by atoms with Crippen LogP contribution in [0.5, 0.6) is 0 Å². The van der Waals surface area contributed by atoms with Crippen LogP contribution in [-0.2, 0) is 9.31 Å². The van der Waals surface area contributed by atoms with E-state index >= 15 is 0 Å². The molecule has 0 bridgehead atoms. The van der Waals surface area contributed by atoms with E-state index in [0.717, 1.165) is 11.2 Å². The number of allylic oxidation sites excluding steroid dienone is 3. The van der Waals surface area contributed by atoms with Crippen LogP contribution in [0.15, 0.2) is 23.3 Å². The summed E-state index contributed by atoms with van der Waals surface area (Å²) >= 11 is 0. The van der Waals surface area contributed by atoms with Crippen LogP contribution in [0.4, 0.5) is 0 Å². The average Bonchev–Trinajstić information content (AvgIpc) is 2.63. The molecule has 0 atom stereocenters. The van der Waals surface area contributed by atoms with Gasteiger partial charge in [0.15, 0.2) is 0 Å². The van der Waals surface area contributed by atoms with Crippen LogP contribution in [0.1, 0.15) is 27.7 Å². The summed E-state index contributed by atoms with van der Waals surface area (Å²) in [4.78, 5) is 0. The third-order valence-corrected chi connectivity index (χ3v) is 4.06. The van der Waals surface area contributed by atoms with E-state index in [-0.39, 0.29) is 17.9 Å². The number of nitrogens with two attached hydrogens (primary N) is 1. The quantitative estimate of drug-likeness (QED) is 0.687. The fraction of sp³-hybridized carbons (Fsp3) is 0.667. The Kier molecular flexibility index (Phi) is 2.67. The molecular formula is C12H20BNO2. The van der Waals surface area contributed by atoms with E-state index in [1.54, 1.807) is 0 Å². The monoisotopic (exact) mass is 221 g/mol. The van der Waals surface area contributed by atoms with E-state index < -0.39 is 0 Å². The van der Waals surface area contributed by atoms with E-state index in [1.165, 1.54) is 0 Å². The lowest BCUT2D eigenvalue weighted by Gasteiger charge is -2.44. The van der Waals surface area contributed by atoms with Gasteiger partial charge in [0.1, 0.15) is 0 Å². The smallest absolute Gasteiger partial charge is 0.405 e. The summed E-state index contributed by atoms with van der Waals surface area (Å²) in [6.07, 6.45) is 4.12. The van der Waals surface area contributed by atoms with E-state index in [2.05, 4.69) is 33.8 Å². The fourth-order valence-corrected chi connectivity index (χ4v) is 2.27. The standard InChI is InChI=1S/C12H20BNO2/c1-11(2)8-9(14)7-10(12(11,3)4)13-15-5-6-16-13/h7-8H,5-6,14H2,1-4H3. The van der Waals surface area contributed by atoms with Gasteiger partial charge < -0.3 is 15.0 Å². The molecule has 16 heavy (non-hydrogen) atoms. The third-order valence-electron chi connectivity index (χ3n) is 4.06. The maximum atomic E-state index is 5.96. The van der Waals surface area contributed by atoms with Crippen molar-refractivity contribution in [3.8, 4) is 0 Å². The van der Waals surface area contributed by atoms with Gasteiger partial charge in [-0.15, -0.1) is 0 Å². The third kappa shape index (κ3) is 1.70. The van der Waals surface area contributed by atoms with Crippen LogP contribution in [0.2, 0.25) is 0 Å². The zero-order valence-electron chi connectivity index (χ0n) is 10.5. The van der Waals surface area contributed by atoms with Gasteiger partial charge >= 0.3 is 7.12 Å². The molecule has 0 saturated carbocycles. The molecule has 1 aliphatic carbocycles. The summed E-state index contributed by atoms with van der Waals surface area (Å²) in [5, 5.41) is 0. The minimum absolute atomic E-state index is 0.00905. The first-order valence-corrected chi connectivity index (χ1v) is 5.78. The summed E-state index contributed by atoms with van der Waals surface area (Å²) in [6, 6.07) is 0. The van der Waals surface area contributed by atoms with Crippen molar-refractivity contribution in [2.75, 3.05) is 13.2 Å². The van der Waals surface area contributed by atoms with Crippen LogP contribution >= 0.6 is 0 Å². The molecule has 1 fully saturated rings. The van der Waals surface area contributed by atoms with Crippen LogP contribution < -0.4 is 5.73 Å². The molecule has 0 aromatic rings. The van der Waals surface area contributed by atoms with Gasteiger partial charge in [-0.05, 0) is 22.4 Å². The molecule has 2 rings (SSSR count). The topological polar surface area (TPSA) is 44.5 Å². The second-order valence-electron chi connectivity index (χ2n) is 5.66. The normalized spacial score (nSPS) is 27.6. The van der Waals surface area contributed by atoms with Gasteiger partial charge in [0.25, 0.3) is 0 Å². The molecule has 4 heteroatoms. The SMILES string of the molecule is CC1(C)C=C(N)C=C(B2OCCO2)C1(C)C. The summed E-state index contributed by atoms with van der Waals surface area (Å²) in [6.45, 7) is 10.2. The van der Waals surface area contributed by atoms with Crippen molar-refractivity contribution in [3.63, 3.8) is 0 Å². The van der Waals surface area contributed by atoms with Crippen molar-refractivity contribution in [3.05, 3.63) is 23.3 Å². The second kappa shape index (κ2) is 3.64. The minimum Gasteiger partial charge on any atom is -0.405 e. The Labute approximate surface area is 97.8 Å². The van der Waals surface area contributed by atoms with E-state index in [9.17, 15) is 0 Å². The highest BCUT2D eigenvalue weighted by Crippen LogP contribution is 2.49. The molecule has 0 amide bonds. The Morgan fingerprint density at radius 1 is 1.19 bits per heavy atom. The van der Waals surface area contributed by atoms with E-state index in [4.69, 9.17) is 15.0 Å². The molecule has 1 aliphatic heterocycles. The highest BCUT2D eigenvalue weighted by Gasteiger charge is 2.47. The Balaban J connectivity index is 2.38. The fourth-order valence-electron chi connectivity index (χ4n) is 2.27. The Morgan fingerprint density at radius 3 is 2.31 bits per heavy atom. The molecule has 88 valence electrons. The van der Waals surface area contributed by atoms with Gasteiger partial charge in [-0.3, -0.25) is 0 Å². The van der Waals surface area contributed by atoms with Gasteiger partial charge in [-0.1, -0.05) is 33.8 Å². The van der Waals surface area contributed by atoms with Gasteiger partial charge in [-0.25, -0.2) is 0 Å². The molecular weight excluding hydrogens is 201 g/mol. The lowest BCUT2D eigenvalue weighted by Crippen LogP contribution is -2.42. The molecule has 0 aromatic heterocycles. The average molecular weight is 221 g/mol. The van der Waals surface area contributed by atoms with Gasteiger partial charge in [0, 0.05) is 5.70 Å². The zero-order chi connectivity index (χ0) is 12.0. The first kappa shape index (κ1) is 11.7. The van der Waals surface area contributed by atoms with Crippen molar-refractivity contribution in [1.29, 1.82) is 0 Å². The predicted octanol–water partition coefficient (Wildman–Crippen LogP) is 1.90. The summed E-state index contributed by atoms with van der Waals surface area (Å²) in [7, 11) is -0.221. The number of hydrogen-bond acceptors (Lipinski definition) is 3. The van der Waals surface area contributed by atoms with Crippen molar-refractivity contribution in [2.24, 2.45) is 16.6 Å². The first-order valence-electron chi connectivity index (χ1n) is 5.78. The molecule has 2 N–H and O–H groups in total. The zero-order valence-corrected chi connectivity index (χ0v) is 10.5. The molecule has 0 aromatic carbocycles. The van der Waals surface area contributed by atoms with E-state index in [1.807, 2.05) is 6.08 Å². The van der Waals surface area contributed by atoms with Crippen LogP contribution in [0.25, 0.3) is 0 Å². The van der Waals surface area contributed by atoms with Gasteiger partial charge in [0.05, 0.1) is 13.2 Å². The minimum atomic E-state index is -0.221. The summed E-state index contributed by atoms with van der Waals surface area (Å²) in [5.41, 5.74) is 7.92. The van der Waals surface area contributed by atoms with Crippen molar-refractivity contribution in [1.82, 2.24) is 0 Å².